The first-order chi connectivity index (χ1) is 10.3. The molecular weight excluding hydrogens is 328 g/mol. The molecule has 1 aliphatic rings. The highest BCUT2D eigenvalue weighted by atomic mass is 79.9. The number of benzene rings is 1. The largest absolute Gasteiger partial charge is 0.368 e. The summed E-state index contributed by atoms with van der Waals surface area (Å²) in [6.45, 7) is 6.11. The smallest absolute Gasteiger partial charge is 0.225 e. The lowest BCUT2D eigenvalue weighted by molar-refractivity contribution is 0.640. The van der Waals surface area contributed by atoms with E-state index in [2.05, 4.69) is 60.8 Å². The van der Waals surface area contributed by atoms with Crippen LogP contribution in [0.3, 0.4) is 0 Å². The Bertz CT molecular complexity index is 594. The fraction of sp³-hybridized carbons (Fsp3) is 0.375. The van der Waals surface area contributed by atoms with E-state index in [0.717, 1.165) is 37.5 Å². The Kier molecular flexibility index (Phi) is 4.39. The number of alkyl halides is 1. The van der Waals surface area contributed by atoms with Gasteiger partial charge in [-0.15, -0.1) is 0 Å². The third kappa shape index (κ3) is 3.18. The van der Waals surface area contributed by atoms with Crippen molar-refractivity contribution < 1.29 is 0 Å². The molecule has 0 N–H and O–H groups in total. The third-order valence-corrected chi connectivity index (χ3v) is 4.55. The number of aromatic nitrogens is 2. The van der Waals surface area contributed by atoms with Gasteiger partial charge in [-0.25, -0.2) is 9.97 Å². The Hall–Kier alpha value is -1.62. The first-order valence-electron chi connectivity index (χ1n) is 7.20. The molecule has 0 spiro atoms. The summed E-state index contributed by atoms with van der Waals surface area (Å²) in [5.41, 5.74) is 4.01. The zero-order chi connectivity index (χ0) is 14.7. The fourth-order valence-corrected chi connectivity index (χ4v) is 3.28. The van der Waals surface area contributed by atoms with Crippen molar-refractivity contribution in [3.8, 4) is 0 Å². The zero-order valence-corrected chi connectivity index (χ0v) is 13.8. The van der Waals surface area contributed by atoms with Crippen LogP contribution in [0.4, 0.5) is 11.6 Å². The van der Waals surface area contributed by atoms with Crippen molar-refractivity contribution in [3.05, 3.63) is 47.8 Å². The predicted octanol–water partition coefficient (Wildman–Crippen LogP) is 3.01. The molecule has 0 atom stereocenters. The second-order valence-corrected chi connectivity index (χ2v) is 5.83. The van der Waals surface area contributed by atoms with Crippen molar-refractivity contribution in [2.75, 3.05) is 36.0 Å². The summed E-state index contributed by atoms with van der Waals surface area (Å²) < 4.78 is 0. The van der Waals surface area contributed by atoms with Crippen LogP contribution in [-0.4, -0.2) is 36.1 Å². The zero-order valence-electron chi connectivity index (χ0n) is 12.2. The van der Waals surface area contributed by atoms with E-state index in [1.54, 1.807) is 12.4 Å². The SMILES string of the molecule is Cc1cc(N2CCN(c3ncccn3)CC2)ccc1CBr. The van der Waals surface area contributed by atoms with Crippen LogP contribution in [0, 0.1) is 6.92 Å². The van der Waals surface area contributed by atoms with Crippen molar-refractivity contribution >= 4 is 27.6 Å². The number of nitrogens with zero attached hydrogens (tertiary/aromatic N) is 4. The summed E-state index contributed by atoms with van der Waals surface area (Å²) in [4.78, 5) is 13.3. The molecule has 0 radical (unpaired) electrons. The summed E-state index contributed by atoms with van der Waals surface area (Å²) in [6, 6.07) is 8.57. The van der Waals surface area contributed by atoms with Gasteiger partial charge in [-0.2, -0.15) is 0 Å². The molecule has 0 saturated carbocycles. The summed E-state index contributed by atoms with van der Waals surface area (Å²) in [6.07, 6.45) is 3.61. The normalized spacial score (nSPS) is 15.3. The predicted molar refractivity (Wildman–Crippen MR) is 90.3 cm³/mol. The van der Waals surface area contributed by atoms with Crippen LogP contribution in [0.2, 0.25) is 0 Å². The molecule has 1 aromatic heterocycles. The van der Waals surface area contributed by atoms with Crippen LogP contribution in [0.15, 0.2) is 36.7 Å². The van der Waals surface area contributed by atoms with Crippen LogP contribution in [-0.2, 0) is 5.33 Å². The topological polar surface area (TPSA) is 32.3 Å². The second-order valence-electron chi connectivity index (χ2n) is 5.27. The van der Waals surface area contributed by atoms with Gasteiger partial charge in [-0.05, 0) is 36.2 Å². The third-order valence-electron chi connectivity index (χ3n) is 3.95. The van der Waals surface area contributed by atoms with Crippen LogP contribution in [0.5, 0.6) is 0 Å². The quantitative estimate of drug-likeness (QED) is 0.799. The van der Waals surface area contributed by atoms with E-state index in [-0.39, 0.29) is 0 Å². The molecule has 110 valence electrons. The van der Waals surface area contributed by atoms with Gasteiger partial charge in [-0.1, -0.05) is 22.0 Å². The first-order valence-corrected chi connectivity index (χ1v) is 8.32. The number of halogens is 1. The lowest BCUT2D eigenvalue weighted by atomic mass is 10.1. The van der Waals surface area contributed by atoms with Gasteiger partial charge < -0.3 is 9.80 Å². The van der Waals surface area contributed by atoms with Crippen molar-refractivity contribution in [3.63, 3.8) is 0 Å². The van der Waals surface area contributed by atoms with Gasteiger partial charge in [0.2, 0.25) is 5.95 Å². The van der Waals surface area contributed by atoms with Crippen molar-refractivity contribution in [2.45, 2.75) is 12.3 Å². The van der Waals surface area contributed by atoms with Gasteiger partial charge in [0.1, 0.15) is 0 Å². The summed E-state index contributed by atoms with van der Waals surface area (Å²) in [7, 11) is 0. The average Bonchev–Trinajstić information content (AvgIpc) is 2.56. The Balaban J connectivity index is 1.67. The van der Waals surface area contributed by atoms with E-state index in [1.807, 2.05) is 6.07 Å². The number of hydrogen-bond acceptors (Lipinski definition) is 4. The number of piperazine rings is 1. The van der Waals surface area contributed by atoms with Gasteiger partial charge in [0.05, 0.1) is 0 Å². The molecule has 3 rings (SSSR count). The minimum absolute atomic E-state index is 0.836. The minimum Gasteiger partial charge on any atom is -0.368 e. The van der Waals surface area contributed by atoms with Crippen molar-refractivity contribution in [1.29, 1.82) is 0 Å². The van der Waals surface area contributed by atoms with Gasteiger partial charge in [0.15, 0.2) is 0 Å². The lowest BCUT2D eigenvalue weighted by Gasteiger charge is -2.36. The Labute approximate surface area is 133 Å². The molecule has 0 aliphatic carbocycles. The maximum Gasteiger partial charge on any atom is 0.225 e. The lowest BCUT2D eigenvalue weighted by Crippen LogP contribution is -2.47. The van der Waals surface area contributed by atoms with E-state index in [0.29, 0.717) is 0 Å². The van der Waals surface area contributed by atoms with Gasteiger partial charge in [0, 0.05) is 49.6 Å². The highest BCUT2D eigenvalue weighted by Crippen LogP contribution is 2.22. The maximum absolute atomic E-state index is 4.33. The highest BCUT2D eigenvalue weighted by Gasteiger charge is 2.19. The summed E-state index contributed by atoms with van der Waals surface area (Å²) in [5.74, 6) is 0.836. The van der Waals surface area contributed by atoms with Crippen molar-refractivity contribution in [1.82, 2.24) is 9.97 Å². The van der Waals surface area contributed by atoms with E-state index in [9.17, 15) is 0 Å². The molecule has 5 heteroatoms. The van der Waals surface area contributed by atoms with Crippen LogP contribution in [0.1, 0.15) is 11.1 Å². The van der Waals surface area contributed by atoms with Gasteiger partial charge in [-0.3, -0.25) is 0 Å². The monoisotopic (exact) mass is 346 g/mol. The summed E-state index contributed by atoms with van der Waals surface area (Å²) >= 11 is 3.53. The van der Waals surface area contributed by atoms with E-state index in [4.69, 9.17) is 0 Å². The first kappa shape index (κ1) is 14.3. The van der Waals surface area contributed by atoms with E-state index >= 15 is 0 Å². The van der Waals surface area contributed by atoms with Gasteiger partial charge in [0.25, 0.3) is 0 Å². The minimum atomic E-state index is 0.836. The highest BCUT2D eigenvalue weighted by molar-refractivity contribution is 9.08. The number of anilines is 2. The van der Waals surface area contributed by atoms with Crippen LogP contribution >= 0.6 is 15.9 Å². The maximum atomic E-state index is 4.33. The second kappa shape index (κ2) is 6.43. The Morgan fingerprint density at radius 2 is 1.71 bits per heavy atom. The van der Waals surface area contributed by atoms with Crippen molar-refractivity contribution in [2.24, 2.45) is 0 Å². The molecule has 21 heavy (non-hydrogen) atoms. The fourth-order valence-electron chi connectivity index (χ4n) is 2.65. The van der Waals surface area contributed by atoms with Gasteiger partial charge >= 0.3 is 0 Å². The number of rotatable bonds is 3. The molecule has 0 bridgehead atoms. The van der Waals surface area contributed by atoms with Crippen LogP contribution in [0.25, 0.3) is 0 Å². The number of hydrogen-bond donors (Lipinski definition) is 0. The van der Waals surface area contributed by atoms with E-state index < -0.39 is 0 Å². The standard InChI is InChI=1S/C16H19BrN4/c1-13-11-15(4-3-14(13)12-17)20-7-9-21(10-8-20)16-18-5-2-6-19-16/h2-6,11H,7-10,12H2,1H3. The molecule has 0 unspecified atom stereocenters. The Morgan fingerprint density at radius 3 is 2.33 bits per heavy atom. The molecule has 1 saturated heterocycles. The molecule has 2 aromatic rings. The Morgan fingerprint density at radius 1 is 1.05 bits per heavy atom. The number of aryl methyl sites for hydroxylation is 1. The molecule has 1 aromatic carbocycles. The van der Waals surface area contributed by atoms with Crippen LogP contribution < -0.4 is 9.80 Å². The summed E-state index contributed by atoms with van der Waals surface area (Å²) in [5, 5.41) is 0.915. The molecule has 4 nitrogen and oxygen atoms in total. The average molecular weight is 347 g/mol. The molecule has 1 aliphatic heterocycles. The molecule has 2 heterocycles. The van der Waals surface area contributed by atoms with E-state index in [1.165, 1.54) is 16.8 Å². The molecule has 1 fully saturated rings. The molecule has 0 amide bonds. The molecular formula is C16H19BrN4.